The van der Waals surface area contributed by atoms with Gasteiger partial charge in [0, 0.05) is 12.0 Å². The van der Waals surface area contributed by atoms with Gasteiger partial charge in [0.25, 0.3) is 0 Å². The fraction of sp³-hybridized carbons (Fsp3) is 0.464. The number of amides is 2. The summed E-state index contributed by atoms with van der Waals surface area (Å²) in [5.41, 5.74) is 2.89. The van der Waals surface area contributed by atoms with Gasteiger partial charge in [-0.05, 0) is 47.4 Å². The molecule has 3 atom stereocenters. The molecule has 7 nitrogen and oxygen atoms in total. The number of rotatable bonds is 6. The van der Waals surface area contributed by atoms with Crippen molar-refractivity contribution < 1.29 is 24.2 Å². The second kappa shape index (κ2) is 9.36. The number of aliphatic carboxylic acids is 1. The maximum atomic E-state index is 13.2. The van der Waals surface area contributed by atoms with Crippen LogP contribution >= 0.6 is 0 Å². The van der Waals surface area contributed by atoms with Gasteiger partial charge in [0.1, 0.15) is 12.6 Å². The lowest BCUT2D eigenvalue weighted by atomic mass is 9.83. The van der Waals surface area contributed by atoms with E-state index in [9.17, 15) is 19.5 Å². The van der Waals surface area contributed by atoms with Gasteiger partial charge >= 0.3 is 12.1 Å². The largest absolute Gasteiger partial charge is 0.481 e. The third-order valence-electron chi connectivity index (χ3n) is 7.50. The van der Waals surface area contributed by atoms with Crippen LogP contribution in [-0.4, -0.2) is 41.8 Å². The predicted octanol–water partition coefficient (Wildman–Crippen LogP) is 4.70. The predicted molar refractivity (Wildman–Crippen MR) is 133 cm³/mol. The van der Waals surface area contributed by atoms with Crippen molar-refractivity contribution in [2.75, 3.05) is 6.61 Å². The zero-order valence-electron chi connectivity index (χ0n) is 20.8. The fourth-order valence-corrected chi connectivity index (χ4v) is 5.34. The lowest BCUT2D eigenvalue weighted by Gasteiger charge is -2.34. The van der Waals surface area contributed by atoms with E-state index in [1.165, 1.54) is 0 Å². The Labute approximate surface area is 206 Å². The smallest absolute Gasteiger partial charge is 0.407 e. The third-order valence-corrected chi connectivity index (χ3v) is 7.50. The number of nitrogens with one attached hydrogen (secondary N) is 2. The molecule has 186 valence electrons. The van der Waals surface area contributed by atoms with Crippen molar-refractivity contribution in [1.82, 2.24) is 10.6 Å². The highest BCUT2D eigenvalue weighted by Gasteiger charge is 2.47. The van der Waals surface area contributed by atoms with E-state index in [1.807, 2.05) is 57.2 Å². The summed E-state index contributed by atoms with van der Waals surface area (Å²) in [6.45, 7) is 7.38. The maximum absolute atomic E-state index is 13.2. The summed E-state index contributed by atoms with van der Waals surface area (Å²) in [5, 5.41) is 15.3. The van der Waals surface area contributed by atoms with Gasteiger partial charge in [-0.25, -0.2) is 4.79 Å². The standard InChI is InChI=1S/C28H34N2O5/c1-27(2,3)23(24(31)29-22-14-9-15-28(22,4)25(32)33)30-26(34)35-16-21-19-12-7-5-10-17(19)18-11-6-8-13-20(18)21/h5-8,10-13,21-23H,9,14-16H2,1-4H3,(H,29,31)(H,30,34)(H,32,33)/t22?,23-,28?/m1/s1. The minimum atomic E-state index is -1.01. The average molecular weight is 479 g/mol. The van der Waals surface area contributed by atoms with Crippen LogP contribution in [0.3, 0.4) is 0 Å². The Morgan fingerprint density at radius 2 is 1.63 bits per heavy atom. The van der Waals surface area contributed by atoms with Gasteiger partial charge < -0.3 is 20.5 Å². The molecule has 0 heterocycles. The summed E-state index contributed by atoms with van der Waals surface area (Å²) >= 11 is 0. The van der Waals surface area contributed by atoms with Gasteiger partial charge in [-0.2, -0.15) is 0 Å². The first-order valence-corrected chi connectivity index (χ1v) is 12.2. The molecule has 1 fully saturated rings. The second-order valence-corrected chi connectivity index (χ2v) is 10.9. The van der Waals surface area contributed by atoms with Crippen LogP contribution < -0.4 is 10.6 Å². The van der Waals surface area contributed by atoms with Crippen molar-refractivity contribution in [3.63, 3.8) is 0 Å². The lowest BCUT2D eigenvalue weighted by Crippen LogP contribution is -2.58. The van der Waals surface area contributed by atoms with E-state index in [2.05, 4.69) is 22.8 Å². The number of carbonyl (C=O) groups excluding carboxylic acids is 2. The molecule has 3 N–H and O–H groups in total. The van der Waals surface area contributed by atoms with Crippen LogP contribution in [0.1, 0.15) is 64.0 Å². The Kier molecular flexibility index (Phi) is 6.62. The van der Waals surface area contributed by atoms with Gasteiger partial charge in [-0.3, -0.25) is 9.59 Å². The van der Waals surface area contributed by atoms with Crippen molar-refractivity contribution >= 4 is 18.0 Å². The fourth-order valence-electron chi connectivity index (χ4n) is 5.34. The summed E-state index contributed by atoms with van der Waals surface area (Å²) in [7, 11) is 0. The molecule has 0 radical (unpaired) electrons. The Hall–Kier alpha value is -3.35. The van der Waals surface area contributed by atoms with Crippen LogP contribution in [0.5, 0.6) is 0 Å². The summed E-state index contributed by atoms with van der Waals surface area (Å²) in [6.07, 6.45) is 1.16. The Morgan fingerprint density at radius 3 is 2.17 bits per heavy atom. The van der Waals surface area contributed by atoms with E-state index < -0.39 is 40.9 Å². The number of carbonyl (C=O) groups is 3. The van der Waals surface area contributed by atoms with Crippen molar-refractivity contribution in [1.29, 1.82) is 0 Å². The summed E-state index contributed by atoms with van der Waals surface area (Å²) in [4.78, 5) is 37.9. The number of hydrogen-bond acceptors (Lipinski definition) is 4. The molecule has 2 aliphatic carbocycles. The molecule has 7 heteroatoms. The zero-order chi connectivity index (χ0) is 25.4. The van der Waals surface area contributed by atoms with Crippen LogP contribution in [0, 0.1) is 10.8 Å². The van der Waals surface area contributed by atoms with Crippen molar-refractivity contribution in [2.45, 2.75) is 65.0 Å². The quantitative estimate of drug-likeness (QED) is 0.558. The van der Waals surface area contributed by atoms with Crippen LogP contribution in [0.4, 0.5) is 4.79 Å². The molecule has 2 aromatic carbocycles. The first kappa shape index (κ1) is 24.8. The topological polar surface area (TPSA) is 105 Å². The van der Waals surface area contributed by atoms with E-state index in [4.69, 9.17) is 4.74 Å². The molecule has 2 unspecified atom stereocenters. The first-order valence-electron chi connectivity index (χ1n) is 12.2. The molecule has 35 heavy (non-hydrogen) atoms. The minimum Gasteiger partial charge on any atom is -0.481 e. The Bertz CT molecular complexity index is 1090. The summed E-state index contributed by atoms with van der Waals surface area (Å²) in [5.74, 6) is -1.40. The molecule has 4 rings (SSSR count). The van der Waals surface area contributed by atoms with E-state index in [0.29, 0.717) is 12.8 Å². The van der Waals surface area contributed by atoms with E-state index >= 15 is 0 Å². The second-order valence-electron chi connectivity index (χ2n) is 10.9. The highest BCUT2D eigenvalue weighted by atomic mass is 16.5. The number of carboxylic acids is 1. The van der Waals surface area contributed by atoms with E-state index in [0.717, 1.165) is 28.7 Å². The highest BCUT2D eigenvalue weighted by molar-refractivity contribution is 5.87. The molecule has 1 saturated carbocycles. The van der Waals surface area contributed by atoms with Crippen molar-refractivity contribution in [3.8, 4) is 11.1 Å². The minimum absolute atomic E-state index is 0.0789. The van der Waals surface area contributed by atoms with Gasteiger partial charge in [0.05, 0.1) is 5.41 Å². The van der Waals surface area contributed by atoms with Gasteiger partial charge in [-0.1, -0.05) is 75.7 Å². The molecular weight excluding hydrogens is 444 g/mol. The SMILES string of the molecule is CC1(C(=O)O)CCCC1NC(=O)[C@@H](NC(=O)OCC1c2ccccc2-c2ccccc21)C(C)(C)C. The monoisotopic (exact) mass is 478 g/mol. The average Bonchev–Trinajstić information content (AvgIpc) is 3.34. The Balaban J connectivity index is 1.44. The van der Waals surface area contributed by atoms with Gasteiger partial charge in [0.2, 0.25) is 5.91 Å². The molecule has 0 spiro atoms. The molecule has 0 bridgehead atoms. The zero-order valence-corrected chi connectivity index (χ0v) is 20.8. The maximum Gasteiger partial charge on any atom is 0.407 e. The molecule has 0 aromatic heterocycles. The molecule has 2 aromatic rings. The van der Waals surface area contributed by atoms with Crippen molar-refractivity contribution in [2.24, 2.45) is 10.8 Å². The molecular formula is C28H34N2O5. The van der Waals surface area contributed by atoms with Crippen LogP contribution in [-0.2, 0) is 14.3 Å². The number of carboxylic acid groups (broad SMARTS) is 1. The molecule has 0 aliphatic heterocycles. The lowest BCUT2D eigenvalue weighted by molar-refractivity contribution is -0.149. The van der Waals surface area contributed by atoms with Gasteiger partial charge in [0.15, 0.2) is 0 Å². The first-order chi connectivity index (χ1) is 16.5. The van der Waals surface area contributed by atoms with Crippen LogP contribution in [0.25, 0.3) is 11.1 Å². The van der Waals surface area contributed by atoms with E-state index in [1.54, 1.807) is 6.92 Å². The normalized spacial score (nSPS) is 22.1. The molecule has 2 amide bonds. The number of benzene rings is 2. The van der Waals surface area contributed by atoms with Crippen LogP contribution in [0.2, 0.25) is 0 Å². The van der Waals surface area contributed by atoms with Crippen molar-refractivity contribution in [3.05, 3.63) is 59.7 Å². The Morgan fingerprint density at radius 1 is 1.06 bits per heavy atom. The number of hydrogen-bond donors (Lipinski definition) is 3. The highest BCUT2D eigenvalue weighted by Crippen LogP contribution is 2.44. The number of alkyl carbamates (subject to hydrolysis) is 1. The summed E-state index contributed by atoms with van der Waals surface area (Å²) < 4.78 is 5.64. The molecule has 0 saturated heterocycles. The summed E-state index contributed by atoms with van der Waals surface area (Å²) in [6, 6.07) is 14.8. The third kappa shape index (κ3) is 4.77. The van der Waals surface area contributed by atoms with Crippen LogP contribution in [0.15, 0.2) is 48.5 Å². The van der Waals surface area contributed by atoms with E-state index in [-0.39, 0.29) is 12.5 Å². The van der Waals surface area contributed by atoms with Gasteiger partial charge in [-0.15, -0.1) is 0 Å². The number of fused-ring (bicyclic) bond motifs is 3. The number of ether oxygens (including phenoxy) is 1. The molecule has 2 aliphatic rings.